The van der Waals surface area contributed by atoms with E-state index in [4.69, 9.17) is 4.74 Å². The third-order valence-corrected chi connectivity index (χ3v) is 5.21. The number of Topliss-reactive ketones (excluding diaryl/α,β-unsaturated/α-hetero) is 1. The largest absolute Gasteiger partial charge is 0.452 e. The highest BCUT2D eigenvalue weighted by atomic mass is 32.2. The summed E-state index contributed by atoms with van der Waals surface area (Å²) in [5.74, 6) is -1.62. The van der Waals surface area contributed by atoms with Gasteiger partial charge in [-0.25, -0.2) is 9.48 Å². The standard InChI is InChI=1S/C22H17F3N2O4S/c1-13-10-18(28)20(26-27(13)16-5-3-4-15(11-16)22(23,24)25)21(30)31-12-19(29)14-6-8-17(32-2)9-7-14/h3-11H,12H2,1-2H3. The van der Waals surface area contributed by atoms with E-state index in [1.54, 1.807) is 24.3 Å². The van der Waals surface area contributed by atoms with Crippen molar-refractivity contribution < 1.29 is 27.5 Å². The molecule has 3 aromatic rings. The number of hydrogen-bond donors (Lipinski definition) is 0. The molecule has 0 saturated carbocycles. The summed E-state index contributed by atoms with van der Waals surface area (Å²) in [4.78, 5) is 37.8. The summed E-state index contributed by atoms with van der Waals surface area (Å²) in [6.45, 7) is 0.849. The Hall–Kier alpha value is -3.40. The minimum Gasteiger partial charge on any atom is -0.452 e. The first-order valence-corrected chi connectivity index (χ1v) is 10.5. The molecule has 0 radical (unpaired) electrons. The second-order valence-electron chi connectivity index (χ2n) is 6.69. The number of ether oxygens (including phenoxy) is 1. The number of carbonyl (C=O) groups excluding carboxylic acids is 2. The molecule has 0 aliphatic carbocycles. The maximum Gasteiger partial charge on any atom is 0.416 e. The summed E-state index contributed by atoms with van der Waals surface area (Å²) in [7, 11) is 0. The Labute approximate surface area is 185 Å². The lowest BCUT2D eigenvalue weighted by Gasteiger charge is -2.13. The van der Waals surface area contributed by atoms with Crippen molar-refractivity contribution in [2.45, 2.75) is 18.0 Å². The summed E-state index contributed by atoms with van der Waals surface area (Å²) in [6.07, 6.45) is -2.68. The number of hydrogen-bond acceptors (Lipinski definition) is 6. The number of aryl methyl sites for hydroxylation is 1. The average molecular weight is 462 g/mol. The van der Waals surface area contributed by atoms with E-state index in [9.17, 15) is 27.6 Å². The second kappa shape index (κ2) is 9.39. The minimum atomic E-state index is -4.57. The van der Waals surface area contributed by atoms with Gasteiger partial charge in [0, 0.05) is 22.2 Å². The zero-order valence-corrected chi connectivity index (χ0v) is 17.8. The van der Waals surface area contributed by atoms with Crippen molar-refractivity contribution in [2.24, 2.45) is 0 Å². The second-order valence-corrected chi connectivity index (χ2v) is 7.57. The van der Waals surface area contributed by atoms with Crippen LogP contribution < -0.4 is 5.43 Å². The summed E-state index contributed by atoms with van der Waals surface area (Å²) in [5.41, 5.74) is -1.76. The minimum absolute atomic E-state index is 0.0105. The van der Waals surface area contributed by atoms with Gasteiger partial charge >= 0.3 is 12.1 Å². The van der Waals surface area contributed by atoms with Crippen molar-refractivity contribution in [1.82, 2.24) is 9.78 Å². The lowest BCUT2D eigenvalue weighted by molar-refractivity contribution is -0.137. The fourth-order valence-electron chi connectivity index (χ4n) is 2.82. The Morgan fingerprint density at radius 3 is 2.41 bits per heavy atom. The van der Waals surface area contributed by atoms with Crippen molar-refractivity contribution >= 4 is 23.5 Å². The molecule has 0 spiro atoms. The molecule has 2 aromatic carbocycles. The van der Waals surface area contributed by atoms with Gasteiger partial charge in [0.25, 0.3) is 0 Å². The number of alkyl halides is 3. The molecule has 0 aliphatic heterocycles. The number of thioether (sulfide) groups is 1. The molecule has 0 aliphatic rings. The van der Waals surface area contributed by atoms with E-state index in [2.05, 4.69) is 5.10 Å². The van der Waals surface area contributed by atoms with Crippen molar-refractivity contribution in [3.05, 3.63) is 87.3 Å². The first-order chi connectivity index (χ1) is 15.1. The number of aromatic nitrogens is 2. The Kier molecular flexibility index (Phi) is 6.83. The summed E-state index contributed by atoms with van der Waals surface area (Å²) >= 11 is 1.50. The fourth-order valence-corrected chi connectivity index (χ4v) is 3.23. The van der Waals surface area contributed by atoms with E-state index < -0.39 is 41.2 Å². The molecule has 0 unspecified atom stereocenters. The lowest BCUT2D eigenvalue weighted by atomic mass is 10.1. The van der Waals surface area contributed by atoms with Crippen LogP contribution in [0.4, 0.5) is 13.2 Å². The van der Waals surface area contributed by atoms with Crippen LogP contribution in [0.5, 0.6) is 0 Å². The summed E-state index contributed by atoms with van der Waals surface area (Å²) in [6, 6.07) is 12.0. The highest BCUT2D eigenvalue weighted by Gasteiger charge is 2.30. The quantitative estimate of drug-likeness (QED) is 0.308. The molecule has 1 heterocycles. The summed E-state index contributed by atoms with van der Waals surface area (Å²) < 4.78 is 45.1. The van der Waals surface area contributed by atoms with Crippen LogP contribution in [0.3, 0.4) is 0 Å². The topological polar surface area (TPSA) is 78.3 Å². The molecule has 0 saturated heterocycles. The number of rotatable bonds is 6. The van der Waals surface area contributed by atoms with Crippen molar-refractivity contribution in [1.29, 1.82) is 0 Å². The Bertz CT molecular complexity index is 1220. The van der Waals surface area contributed by atoms with E-state index >= 15 is 0 Å². The molecule has 0 bridgehead atoms. The Morgan fingerprint density at radius 1 is 1.09 bits per heavy atom. The number of nitrogens with zero attached hydrogens (tertiary/aromatic N) is 2. The van der Waals surface area contributed by atoms with E-state index in [1.807, 2.05) is 6.26 Å². The SMILES string of the molecule is CSc1ccc(C(=O)COC(=O)c2nn(-c3cccc(C(F)(F)F)c3)c(C)cc2=O)cc1. The normalized spacial score (nSPS) is 11.3. The van der Waals surface area contributed by atoms with E-state index in [1.165, 1.54) is 30.8 Å². The van der Waals surface area contributed by atoms with Crippen LogP contribution in [0.25, 0.3) is 5.69 Å². The van der Waals surface area contributed by atoms with E-state index in [0.29, 0.717) is 5.56 Å². The van der Waals surface area contributed by atoms with E-state index in [-0.39, 0.29) is 11.4 Å². The highest BCUT2D eigenvalue weighted by Crippen LogP contribution is 2.30. The van der Waals surface area contributed by atoms with Gasteiger partial charge in [-0.3, -0.25) is 9.59 Å². The van der Waals surface area contributed by atoms with Gasteiger partial charge in [-0.15, -0.1) is 11.8 Å². The van der Waals surface area contributed by atoms with Gasteiger partial charge in [0.2, 0.25) is 11.1 Å². The Balaban J connectivity index is 1.83. The van der Waals surface area contributed by atoms with Crippen molar-refractivity contribution in [2.75, 3.05) is 12.9 Å². The Morgan fingerprint density at radius 2 is 1.78 bits per heavy atom. The molecule has 0 N–H and O–H groups in total. The third kappa shape index (κ3) is 5.25. The average Bonchev–Trinajstić information content (AvgIpc) is 2.77. The van der Waals surface area contributed by atoms with Crippen molar-refractivity contribution in [3.63, 3.8) is 0 Å². The van der Waals surface area contributed by atoms with Crippen LogP contribution in [0.1, 0.15) is 32.1 Å². The monoisotopic (exact) mass is 462 g/mol. The maximum atomic E-state index is 13.0. The van der Waals surface area contributed by atoms with Gasteiger partial charge in [-0.1, -0.05) is 18.2 Å². The highest BCUT2D eigenvalue weighted by molar-refractivity contribution is 7.98. The molecule has 32 heavy (non-hydrogen) atoms. The predicted molar refractivity (Wildman–Crippen MR) is 112 cm³/mol. The zero-order valence-electron chi connectivity index (χ0n) is 17.0. The van der Waals surface area contributed by atoms with Crippen LogP contribution in [-0.4, -0.2) is 34.4 Å². The molecule has 3 rings (SSSR count). The molecule has 0 fully saturated rings. The van der Waals surface area contributed by atoms with Crippen LogP contribution in [0.15, 0.2) is 64.3 Å². The number of esters is 1. The lowest BCUT2D eigenvalue weighted by Crippen LogP contribution is -2.25. The van der Waals surface area contributed by atoms with Crippen LogP contribution in [0, 0.1) is 6.92 Å². The van der Waals surface area contributed by atoms with Gasteiger partial charge in [0.15, 0.2) is 12.4 Å². The van der Waals surface area contributed by atoms with Gasteiger partial charge in [-0.2, -0.15) is 18.3 Å². The smallest absolute Gasteiger partial charge is 0.416 e. The van der Waals surface area contributed by atoms with Crippen LogP contribution in [-0.2, 0) is 10.9 Å². The number of benzene rings is 2. The first-order valence-electron chi connectivity index (χ1n) is 9.23. The van der Waals surface area contributed by atoms with Gasteiger partial charge in [0.1, 0.15) is 0 Å². The van der Waals surface area contributed by atoms with Gasteiger partial charge in [-0.05, 0) is 43.5 Å². The molecule has 0 amide bonds. The zero-order chi connectivity index (χ0) is 23.5. The fraction of sp³-hybridized carbons (Fsp3) is 0.182. The molecule has 1 aromatic heterocycles. The molecule has 0 atom stereocenters. The molecule has 166 valence electrons. The first kappa shape index (κ1) is 23.3. The van der Waals surface area contributed by atoms with E-state index in [0.717, 1.165) is 27.8 Å². The van der Waals surface area contributed by atoms with Gasteiger partial charge < -0.3 is 4.74 Å². The van der Waals surface area contributed by atoms with Gasteiger partial charge in [0.05, 0.1) is 11.3 Å². The number of ketones is 1. The molecule has 6 nitrogen and oxygen atoms in total. The third-order valence-electron chi connectivity index (χ3n) is 4.47. The molecular weight excluding hydrogens is 445 g/mol. The van der Waals surface area contributed by atoms with Crippen LogP contribution in [0.2, 0.25) is 0 Å². The maximum absolute atomic E-state index is 13.0. The van der Waals surface area contributed by atoms with Crippen LogP contribution >= 0.6 is 11.8 Å². The molecular formula is C22H17F3N2O4S. The number of halogens is 3. The predicted octanol–water partition coefficient (Wildman–Crippen LogP) is 4.32. The number of carbonyl (C=O) groups is 2. The summed E-state index contributed by atoms with van der Waals surface area (Å²) in [5, 5.41) is 3.89. The van der Waals surface area contributed by atoms with Crippen molar-refractivity contribution in [3.8, 4) is 5.69 Å². The molecule has 10 heteroatoms.